The molecule has 1 saturated heterocycles. The number of aromatic nitrogens is 4. The van der Waals surface area contributed by atoms with E-state index >= 15 is 0 Å². The highest BCUT2D eigenvalue weighted by molar-refractivity contribution is 7.93. The van der Waals surface area contributed by atoms with Gasteiger partial charge in [0.2, 0.25) is 11.9 Å². The van der Waals surface area contributed by atoms with Crippen LogP contribution in [0.25, 0.3) is 16.3 Å². The lowest BCUT2D eigenvalue weighted by molar-refractivity contribution is -0.124. The summed E-state index contributed by atoms with van der Waals surface area (Å²) in [7, 11) is -3.92. The van der Waals surface area contributed by atoms with Crippen LogP contribution < -0.4 is 20.8 Å². The number of fused-ring (bicyclic) bond motifs is 1. The number of nitrogen functional groups attached to an aromatic ring is 1. The summed E-state index contributed by atoms with van der Waals surface area (Å²) in [6.45, 7) is 1.55. The number of sulfonamides is 1. The van der Waals surface area contributed by atoms with Gasteiger partial charge in [-0.1, -0.05) is 12.1 Å². The molecule has 0 aliphatic carbocycles. The van der Waals surface area contributed by atoms with E-state index in [0.717, 1.165) is 16.3 Å². The second kappa shape index (κ2) is 10.7. The number of hydroxylamine groups is 1. The van der Waals surface area contributed by atoms with Gasteiger partial charge in [-0.15, -0.1) is 11.3 Å². The highest BCUT2D eigenvalue weighted by Crippen LogP contribution is 2.32. The molecule has 5 rings (SSSR count). The van der Waals surface area contributed by atoms with Crippen molar-refractivity contribution in [3.05, 3.63) is 66.1 Å². The van der Waals surface area contributed by atoms with Crippen molar-refractivity contribution in [3.8, 4) is 0 Å². The maximum absolute atomic E-state index is 13.0. The second-order valence-corrected chi connectivity index (χ2v) is 11.0. The van der Waals surface area contributed by atoms with Crippen LogP contribution >= 0.6 is 11.3 Å². The van der Waals surface area contributed by atoms with Crippen LogP contribution in [0.3, 0.4) is 0 Å². The number of carbonyl (C=O) groups excluding carboxylic acids is 1. The maximum atomic E-state index is 13.0. The van der Waals surface area contributed by atoms with Crippen molar-refractivity contribution in [1.29, 1.82) is 0 Å². The Kier molecular flexibility index (Phi) is 7.15. The van der Waals surface area contributed by atoms with Crippen molar-refractivity contribution in [3.63, 3.8) is 0 Å². The molecule has 5 N–H and O–H groups in total. The summed E-state index contributed by atoms with van der Waals surface area (Å²) in [5.74, 6) is -0.0366. The molecule has 0 radical (unpaired) electrons. The Morgan fingerprint density at radius 3 is 2.82 bits per heavy atom. The van der Waals surface area contributed by atoms with Crippen LogP contribution in [0.5, 0.6) is 0 Å². The van der Waals surface area contributed by atoms with Gasteiger partial charge in [-0.2, -0.15) is 0 Å². The zero-order valence-corrected chi connectivity index (χ0v) is 21.3. The number of nitrogens with one attached hydrogen (secondary N) is 2. The molecule has 1 atom stereocenters. The van der Waals surface area contributed by atoms with E-state index in [1.54, 1.807) is 36.8 Å². The van der Waals surface area contributed by atoms with Crippen molar-refractivity contribution in [2.45, 2.75) is 11.0 Å². The third-order valence-electron chi connectivity index (χ3n) is 5.61. The Labute approximate surface area is 221 Å². The lowest BCUT2D eigenvalue weighted by Crippen LogP contribution is -2.39. The average Bonchev–Trinajstić information content (AvgIpc) is 3.33. The van der Waals surface area contributed by atoms with Gasteiger partial charge in [0.25, 0.3) is 15.9 Å². The summed E-state index contributed by atoms with van der Waals surface area (Å²) in [6, 6.07) is 7.70. The first-order valence-corrected chi connectivity index (χ1v) is 13.6. The SMILES string of the molecule is Nc1ncc(C2CN(c3ncc4sc(NS(=O)(=O)c5cccc(/C=C/C(=O)NO)c5)cc4n3)CCO2)cn1. The van der Waals surface area contributed by atoms with Gasteiger partial charge in [0.1, 0.15) is 11.1 Å². The fourth-order valence-corrected chi connectivity index (χ4v) is 5.97. The highest BCUT2D eigenvalue weighted by atomic mass is 32.2. The number of ether oxygens (including phenoxy) is 1. The Morgan fingerprint density at radius 1 is 1.21 bits per heavy atom. The number of benzene rings is 1. The van der Waals surface area contributed by atoms with Gasteiger partial charge < -0.3 is 15.4 Å². The fraction of sp³-hybridized carbons (Fsp3) is 0.174. The number of rotatable bonds is 7. The normalized spacial score (nSPS) is 16.1. The molecule has 1 fully saturated rings. The molecule has 13 nitrogen and oxygen atoms in total. The highest BCUT2D eigenvalue weighted by Gasteiger charge is 2.25. The molecular weight excluding hydrogens is 532 g/mol. The van der Waals surface area contributed by atoms with E-state index in [1.165, 1.54) is 35.0 Å². The monoisotopic (exact) mass is 554 g/mol. The molecule has 3 aromatic heterocycles. The number of nitrogens with two attached hydrogens (primary N) is 1. The van der Waals surface area contributed by atoms with Gasteiger partial charge in [-0.05, 0) is 29.8 Å². The van der Waals surface area contributed by atoms with Crippen LogP contribution in [-0.4, -0.2) is 59.2 Å². The summed E-state index contributed by atoms with van der Waals surface area (Å²) >= 11 is 1.21. The summed E-state index contributed by atoms with van der Waals surface area (Å²) in [4.78, 5) is 30.4. The minimum Gasteiger partial charge on any atom is -0.370 e. The Morgan fingerprint density at radius 2 is 2.03 bits per heavy atom. The van der Waals surface area contributed by atoms with Crippen LogP contribution in [0.2, 0.25) is 0 Å². The summed E-state index contributed by atoms with van der Waals surface area (Å²) < 4.78 is 35.2. The third kappa shape index (κ3) is 5.70. The van der Waals surface area contributed by atoms with Crippen LogP contribution in [0.4, 0.5) is 16.9 Å². The van der Waals surface area contributed by atoms with Gasteiger partial charge >= 0.3 is 0 Å². The second-order valence-electron chi connectivity index (χ2n) is 8.20. The lowest BCUT2D eigenvalue weighted by atomic mass is 10.1. The Balaban J connectivity index is 1.33. The number of nitrogens with zero attached hydrogens (tertiary/aromatic N) is 5. The van der Waals surface area contributed by atoms with Crippen LogP contribution in [0.1, 0.15) is 17.2 Å². The van der Waals surface area contributed by atoms with Crippen LogP contribution in [0.15, 0.2) is 59.9 Å². The molecule has 1 amide bonds. The molecule has 0 bridgehead atoms. The van der Waals surface area contributed by atoms with Crippen molar-refractivity contribution in [2.75, 3.05) is 35.1 Å². The number of anilines is 3. The van der Waals surface area contributed by atoms with Crippen LogP contribution in [0, 0.1) is 0 Å². The molecule has 4 aromatic rings. The molecule has 0 spiro atoms. The van der Waals surface area contributed by atoms with E-state index in [4.69, 9.17) is 15.7 Å². The smallest absolute Gasteiger partial charge is 0.267 e. The number of hydrogen-bond acceptors (Lipinski definition) is 12. The van der Waals surface area contributed by atoms with Crippen molar-refractivity contribution < 1.29 is 23.2 Å². The Bertz CT molecular complexity index is 1610. The summed E-state index contributed by atoms with van der Waals surface area (Å²) in [6.07, 6.45) is 7.14. The number of amides is 1. The van der Waals surface area contributed by atoms with Gasteiger partial charge in [-0.3, -0.25) is 14.7 Å². The van der Waals surface area contributed by atoms with E-state index in [0.29, 0.717) is 41.7 Å². The maximum Gasteiger partial charge on any atom is 0.267 e. The predicted octanol–water partition coefficient (Wildman–Crippen LogP) is 1.96. The number of thiophene rings is 1. The fourth-order valence-electron chi connectivity index (χ4n) is 3.76. The molecule has 1 aliphatic heterocycles. The number of hydrogen-bond donors (Lipinski definition) is 4. The summed E-state index contributed by atoms with van der Waals surface area (Å²) in [5.41, 5.74) is 8.92. The van der Waals surface area contributed by atoms with E-state index in [9.17, 15) is 13.2 Å². The first-order valence-electron chi connectivity index (χ1n) is 11.3. The topological polar surface area (TPSA) is 186 Å². The van der Waals surface area contributed by atoms with Crippen molar-refractivity contribution >= 4 is 60.5 Å². The molecule has 15 heteroatoms. The lowest BCUT2D eigenvalue weighted by Gasteiger charge is -2.32. The minimum absolute atomic E-state index is 0.0132. The minimum atomic E-state index is -3.92. The zero-order valence-electron chi connectivity index (χ0n) is 19.7. The Hall–Kier alpha value is -4.18. The van der Waals surface area contributed by atoms with Crippen LogP contribution in [-0.2, 0) is 19.6 Å². The third-order valence-corrected chi connectivity index (χ3v) is 8.08. The first kappa shape index (κ1) is 25.5. The van der Waals surface area contributed by atoms with E-state index in [2.05, 4.69) is 24.7 Å². The first-order chi connectivity index (χ1) is 18.3. The molecule has 38 heavy (non-hydrogen) atoms. The van der Waals surface area contributed by atoms with Gasteiger partial charge in [0, 0.05) is 30.6 Å². The quantitative estimate of drug-likeness (QED) is 0.149. The van der Waals surface area contributed by atoms with E-state index in [-0.39, 0.29) is 16.9 Å². The van der Waals surface area contributed by atoms with Gasteiger partial charge in [-0.25, -0.2) is 33.8 Å². The molecule has 4 heterocycles. The predicted molar refractivity (Wildman–Crippen MR) is 141 cm³/mol. The largest absolute Gasteiger partial charge is 0.370 e. The molecule has 196 valence electrons. The van der Waals surface area contributed by atoms with E-state index < -0.39 is 15.9 Å². The van der Waals surface area contributed by atoms with E-state index in [1.807, 2.05) is 4.90 Å². The number of carbonyl (C=O) groups is 1. The average molecular weight is 555 g/mol. The molecule has 1 aromatic carbocycles. The molecule has 0 saturated carbocycles. The standard InChI is InChI=1S/C23H22N8O5S2/c24-22-25-10-15(11-26-22)18-13-31(6-7-36-18)23-27-12-19-17(28-23)9-21(37-19)30-38(34,35)16-3-1-2-14(8-16)4-5-20(32)29-33/h1-5,8-12,18,30,33H,6-7,13H2,(H,29,32)(H2,24,25,26)/b5-4+. The summed E-state index contributed by atoms with van der Waals surface area (Å²) in [5, 5.41) is 8.98. The van der Waals surface area contributed by atoms with Crippen molar-refractivity contribution in [2.24, 2.45) is 0 Å². The van der Waals surface area contributed by atoms with Gasteiger partial charge in [0.15, 0.2) is 0 Å². The zero-order chi connectivity index (χ0) is 26.7. The molecule has 1 unspecified atom stereocenters. The van der Waals surface area contributed by atoms with Crippen molar-refractivity contribution in [1.82, 2.24) is 25.4 Å². The number of morpholine rings is 1. The van der Waals surface area contributed by atoms with Gasteiger partial charge in [0.05, 0.1) is 34.5 Å². The molecular formula is C23H22N8O5S2. The molecule has 1 aliphatic rings.